The smallest absolute Gasteiger partial charge is 0.338 e. The summed E-state index contributed by atoms with van der Waals surface area (Å²) in [5.41, 5.74) is -1.69. The number of benzene rings is 2. The molecule has 2 aliphatic heterocycles. The average Bonchev–Trinajstić information content (AvgIpc) is 3.24. The summed E-state index contributed by atoms with van der Waals surface area (Å²) in [6, 6.07) is 13.9. The number of carbonyl (C=O) groups excluding carboxylic acids is 1. The van der Waals surface area contributed by atoms with E-state index in [1.54, 1.807) is 6.07 Å². The summed E-state index contributed by atoms with van der Waals surface area (Å²) >= 11 is 0. The maximum atomic E-state index is 14.8. The maximum Gasteiger partial charge on any atom is 0.426 e. The Labute approximate surface area is 220 Å². The highest BCUT2D eigenvalue weighted by Gasteiger charge is 2.55. The molecular weight excluding hydrogens is 520 g/mol. The van der Waals surface area contributed by atoms with E-state index in [0.29, 0.717) is 57.8 Å². The molecule has 38 heavy (non-hydrogen) atoms. The van der Waals surface area contributed by atoms with Gasteiger partial charge in [0.25, 0.3) is 0 Å². The zero-order chi connectivity index (χ0) is 27.3. The second-order valence-corrected chi connectivity index (χ2v) is 13.3. The average molecular weight is 553 g/mol. The molecule has 206 valence electrons. The number of aryl methyl sites for hydroxylation is 1. The van der Waals surface area contributed by atoms with Gasteiger partial charge in [-0.3, -0.25) is 9.69 Å². The van der Waals surface area contributed by atoms with Crippen LogP contribution in [-0.4, -0.2) is 74.0 Å². The molecule has 1 unspecified atom stereocenters. The number of nitrogens with zero attached hydrogens (tertiary/aromatic N) is 2. The molecule has 1 aliphatic carbocycles. The Morgan fingerprint density at radius 3 is 2.37 bits per heavy atom. The van der Waals surface area contributed by atoms with Gasteiger partial charge in [-0.25, -0.2) is 12.8 Å². The first-order valence-corrected chi connectivity index (χ1v) is 14.8. The van der Waals surface area contributed by atoms with Crippen LogP contribution in [0.5, 0.6) is 0 Å². The topological polar surface area (TPSA) is 57.7 Å². The second kappa shape index (κ2) is 9.62. The third-order valence-corrected chi connectivity index (χ3v) is 10.3. The maximum absolute atomic E-state index is 14.8. The lowest BCUT2D eigenvalue weighted by atomic mass is 9.63. The van der Waals surface area contributed by atoms with Crippen molar-refractivity contribution in [1.29, 1.82) is 0 Å². The Bertz CT molecular complexity index is 1300. The highest BCUT2D eigenvalue weighted by Crippen LogP contribution is 2.51. The van der Waals surface area contributed by atoms with Crippen molar-refractivity contribution >= 4 is 15.7 Å². The Hall–Kier alpha value is -2.46. The molecule has 0 aromatic heterocycles. The number of halogens is 4. The molecule has 0 radical (unpaired) electrons. The third kappa shape index (κ3) is 4.85. The van der Waals surface area contributed by atoms with Crippen molar-refractivity contribution in [3.63, 3.8) is 0 Å². The van der Waals surface area contributed by atoms with Gasteiger partial charge in [0.1, 0.15) is 0 Å². The summed E-state index contributed by atoms with van der Waals surface area (Å²) in [6.45, 7) is 1.86. The molecule has 2 fully saturated rings. The molecule has 2 aromatic carbocycles. The number of carbonyl (C=O) groups is 1. The first-order valence-electron chi connectivity index (χ1n) is 13.0. The number of amides is 1. The van der Waals surface area contributed by atoms with Gasteiger partial charge in [-0.05, 0) is 54.9 Å². The summed E-state index contributed by atoms with van der Waals surface area (Å²) in [6.07, 6.45) is -2.75. The first kappa shape index (κ1) is 27.1. The molecule has 5 nitrogen and oxygen atoms in total. The molecule has 5 rings (SSSR count). The molecular formula is C28H32F4N2O3S. The lowest BCUT2D eigenvalue weighted by Crippen LogP contribution is -2.52. The zero-order valence-electron chi connectivity index (χ0n) is 21.3. The van der Waals surface area contributed by atoms with E-state index in [4.69, 9.17) is 0 Å². The standard InChI is InChI=1S/C28H32F4N2O3S/c1-26(29,28(30,31)32)22-8-9-23-21(17-22)7-10-24-27(23,18-20-5-3-2-4-6-20)11-12-34(24)25(35)19-33-13-15-38(36,37)16-14-33/h2-6,8-9,17,24H,7,10-16,18-19H2,1H3/t24-,26?,27-/m1/s1. The van der Waals surface area contributed by atoms with E-state index >= 15 is 0 Å². The van der Waals surface area contributed by atoms with Crippen molar-refractivity contribution in [1.82, 2.24) is 9.80 Å². The van der Waals surface area contributed by atoms with Crippen LogP contribution in [0.4, 0.5) is 17.6 Å². The Morgan fingerprint density at radius 1 is 1.03 bits per heavy atom. The molecule has 0 N–H and O–H groups in total. The predicted molar refractivity (Wildman–Crippen MR) is 136 cm³/mol. The quantitative estimate of drug-likeness (QED) is 0.522. The Balaban J connectivity index is 1.47. The molecule has 3 atom stereocenters. The molecule has 3 aliphatic rings. The highest BCUT2D eigenvalue weighted by molar-refractivity contribution is 7.91. The van der Waals surface area contributed by atoms with Gasteiger partial charge in [-0.2, -0.15) is 13.2 Å². The van der Waals surface area contributed by atoms with Gasteiger partial charge >= 0.3 is 6.18 Å². The predicted octanol–water partition coefficient (Wildman–Crippen LogP) is 4.19. The van der Waals surface area contributed by atoms with E-state index in [1.165, 1.54) is 12.1 Å². The van der Waals surface area contributed by atoms with Crippen LogP contribution in [0.2, 0.25) is 0 Å². The number of rotatable bonds is 5. The van der Waals surface area contributed by atoms with Gasteiger partial charge in [-0.15, -0.1) is 0 Å². The molecule has 1 amide bonds. The van der Waals surface area contributed by atoms with E-state index in [0.717, 1.165) is 11.1 Å². The lowest BCUT2D eigenvalue weighted by Gasteiger charge is -2.44. The molecule has 0 spiro atoms. The minimum Gasteiger partial charge on any atom is -0.338 e. The van der Waals surface area contributed by atoms with Gasteiger partial charge in [-0.1, -0.05) is 48.5 Å². The largest absolute Gasteiger partial charge is 0.426 e. The first-order chi connectivity index (χ1) is 17.8. The van der Waals surface area contributed by atoms with Crippen LogP contribution in [-0.2, 0) is 38.6 Å². The lowest BCUT2D eigenvalue weighted by molar-refractivity contribution is -0.228. The van der Waals surface area contributed by atoms with Gasteiger partial charge in [0, 0.05) is 31.1 Å². The molecule has 0 saturated carbocycles. The van der Waals surface area contributed by atoms with E-state index in [9.17, 15) is 30.8 Å². The number of likely N-dealkylation sites (tertiary alicyclic amines) is 1. The zero-order valence-corrected chi connectivity index (χ0v) is 22.1. The molecule has 10 heteroatoms. The number of fused-ring (bicyclic) bond motifs is 3. The second-order valence-electron chi connectivity index (χ2n) is 11.0. The van der Waals surface area contributed by atoms with E-state index < -0.39 is 32.7 Å². The van der Waals surface area contributed by atoms with Crippen LogP contribution >= 0.6 is 0 Å². The fourth-order valence-corrected chi connectivity index (χ4v) is 7.75. The SMILES string of the molecule is CC(F)(c1ccc2c(c1)CC[C@H]1N(C(=O)CN3CCS(=O)(=O)CC3)CC[C@@]21Cc1ccccc1)C(F)(F)F. The van der Waals surface area contributed by atoms with Crippen LogP contribution in [0.3, 0.4) is 0 Å². The van der Waals surface area contributed by atoms with Gasteiger partial charge in [0.05, 0.1) is 18.1 Å². The summed E-state index contributed by atoms with van der Waals surface area (Å²) < 4.78 is 78.8. The van der Waals surface area contributed by atoms with E-state index in [1.807, 2.05) is 40.1 Å². The normalized spacial score (nSPS) is 26.9. The number of hydrogen-bond acceptors (Lipinski definition) is 4. The van der Waals surface area contributed by atoms with Gasteiger partial charge < -0.3 is 4.90 Å². The van der Waals surface area contributed by atoms with Crippen molar-refractivity contribution in [3.05, 3.63) is 70.8 Å². The minimum absolute atomic E-state index is 0.0444. The third-order valence-electron chi connectivity index (χ3n) is 8.69. The molecule has 2 saturated heterocycles. The Morgan fingerprint density at radius 2 is 1.71 bits per heavy atom. The van der Waals surface area contributed by atoms with Crippen molar-refractivity contribution < 1.29 is 30.8 Å². The van der Waals surface area contributed by atoms with E-state index in [-0.39, 0.29) is 30.0 Å². The fraction of sp³-hybridized carbons (Fsp3) is 0.536. The number of sulfone groups is 1. The molecule has 0 bridgehead atoms. The summed E-state index contributed by atoms with van der Waals surface area (Å²) in [4.78, 5) is 17.3. The van der Waals surface area contributed by atoms with Crippen molar-refractivity contribution in [2.45, 2.75) is 55.9 Å². The summed E-state index contributed by atoms with van der Waals surface area (Å²) in [7, 11) is -3.05. The molecule has 2 heterocycles. The van der Waals surface area contributed by atoms with Crippen LogP contribution < -0.4 is 0 Å². The number of hydrogen-bond donors (Lipinski definition) is 0. The van der Waals surface area contributed by atoms with Crippen molar-refractivity contribution in [2.75, 3.05) is 37.7 Å². The molecule has 2 aromatic rings. The van der Waals surface area contributed by atoms with Crippen LogP contribution in [0.1, 0.15) is 42.0 Å². The number of alkyl halides is 4. The van der Waals surface area contributed by atoms with Crippen molar-refractivity contribution in [3.8, 4) is 0 Å². The monoisotopic (exact) mass is 552 g/mol. The van der Waals surface area contributed by atoms with Gasteiger partial charge in [0.2, 0.25) is 11.6 Å². The van der Waals surface area contributed by atoms with E-state index in [2.05, 4.69) is 0 Å². The highest BCUT2D eigenvalue weighted by atomic mass is 32.2. The Kier molecular flexibility index (Phi) is 6.87. The van der Waals surface area contributed by atoms with Gasteiger partial charge in [0.15, 0.2) is 9.84 Å². The fourth-order valence-electron chi connectivity index (χ4n) is 6.47. The van der Waals surface area contributed by atoms with Crippen molar-refractivity contribution in [2.24, 2.45) is 0 Å². The van der Waals surface area contributed by atoms with Crippen LogP contribution in [0.15, 0.2) is 48.5 Å². The summed E-state index contributed by atoms with van der Waals surface area (Å²) in [5.74, 6) is 0.0312. The van der Waals surface area contributed by atoms with Crippen LogP contribution in [0, 0.1) is 0 Å². The van der Waals surface area contributed by atoms with Crippen LogP contribution in [0.25, 0.3) is 0 Å². The summed E-state index contributed by atoms with van der Waals surface area (Å²) in [5, 5.41) is 0. The minimum atomic E-state index is -5.02.